The van der Waals surface area contributed by atoms with Crippen molar-refractivity contribution < 1.29 is 14.7 Å². The van der Waals surface area contributed by atoms with Gasteiger partial charge in [-0.2, -0.15) is 0 Å². The molecule has 1 amide bonds. The first-order valence-electron chi connectivity index (χ1n) is 6.80. The molecule has 1 saturated carbocycles. The number of halogens is 2. The lowest BCUT2D eigenvalue weighted by Crippen LogP contribution is -2.50. The number of benzene rings is 1. The largest absolute Gasteiger partial charge is 0.481 e. The van der Waals surface area contributed by atoms with Crippen molar-refractivity contribution in [1.82, 2.24) is 4.90 Å². The third-order valence-corrected chi connectivity index (χ3v) is 4.84. The second-order valence-corrected chi connectivity index (χ2v) is 6.25. The predicted molar refractivity (Wildman–Crippen MR) is 81.9 cm³/mol. The molecule has 2 rings (SSSR count). The molecular formula is C15H17Cl2NO3. The summed E-state index contributed by atoms with van der Waals surface area (Å²) in [5.74, 6) is -0.958. The molecule has 0 heterocycles. The zero-order chi connectivity index (χ0) is 15.6. The Morgan fingerprint density at radius 1 is 1.29 bits per heavy atom. The second-order valence-electron chi connectivity index (χ2n) is 5.43. The van der Waals surface area contributed by atoms with Gasteiger partial charge in [-0.25, -0.2) is 0 Å². The Labute approximate surface area is 133 Å². The van der Waals surface area contributed by atoms with Gasteiger partial charge in [0.15, 0.2) is 0 Å². The van der Waals surface area contributed by atoms with Gasteiger partial charge < -0.3 is 10.0 Å². The lowest BCUT2D eigenvalue weighted by Gasteiger charge is -2.43. The van der Waals surface area contributed by atoms with Gasteiger partial charge in [0.2, 0.25) is 5.91 Å². The number of amides is 1. The Morgan fingerprint density at radius 2 is 1.95 bits per heavy atom. The molecule has 0 unspecified atom stereocenters. The van der Waals surface area contributed by atoms with E-state index in [1.165, 1.54) is 4.90 Å². The number of carboxylic acid groups (broad SMARTS) is 1. The SMILES string of the molecule is CN(CCC(=O)O)C(=O)C1(c2ccc(Cl)c(Cl)c2)CCC1. The topological polar surface area (TPSA) is 57.6 Å². The van der Waals surface area contributed by atoms with Crippen molar-refractivity contribution in [2.45, 2.75) is 31.1 Å². The van der Waals surface area contributed by atoms with Crippen LogP contribution in [-0.2, 0) is 15.0 Å². The molecule has 0 aliphatic heterocycles. The molecule has 0 bridgehead atoms. The maximum atomic E-state index is 12.7. The van der Waals surface area contributed by atoms with Gasteiger partial charge >= 0.3 is 5.97 Å². The van der Waals surface area contributed by atoms with E-state index in [2.05, 4.69) is 0 Å². The number of carboxylic acids is 1. The molecule has 21 heavy (non-hydrogen) atoms. The summed E-state index contributed by atoms with van der Waals surface area (Å²) in [7, 11) is 1.64. The van der Waals surface area contributed by atoms with E-state index in [1.54, 1.807) is 19.2 Å². The minimum Gasteiger partial charge on any atom is -0.481 e. The highest BCUT2D eigenvalue weighted by Crippen LogP contribution is 2.46. The molecule has 0 radical (unpaired) electrons. The van der Waals surface area contributed by atoms with Gasteiger partial charge in [-0.3, -0.25) is 9.59 Å². The fourth-order valence-electron chi connectivity index (χ4n) is 2.68. The van der Waals surface area contributed by atoms with Crippen LogP contribution in [0.2, 0.25) is 10.0 Å². The summed E-state index contributed by atoms with van der Waals surface area (Å²) in [6.45, 7) is 0.206. The normalized spacial score (nSPS) is 16.1. The minimum absolute atomic E-state index is 0.0478. The maximum Gasteiger partial charge on any atom is 0.305 e. The van der Waals surface area contributed by atoms with Crippen LogP contribution in [0, 0.1) is 0 Å². The average molecular weight is 330 g/mol. The van der Waals surface area contributed by atoms with E-state index in [9.17, 15) is 9.59 Å². The number of carbonyl (C=O) groups is 2. The Morgan fingerprint density at radius 3 is 2.43 bits per heavy atom. The van der Waals surface area contributed by atoms with E-state index in [4.69, 9.17) is 28.3 Å². The molecule has 1 aromatic carbocycles. The van der Waals surface area contributed by atoms with Gasteiger partial charge in [0, 0.05) is 13.6 Å². The van der Waals surface area contributed by atoms with Crippen molar-refractivity contribution in [3.8, 4) is 0 Å². The summed E-state index contributed by atoms with van der Waals surface area (Å²) in [4.78, 5) is 24.9. The molecule has 4 nitrogen and oxygen atoms in total. The fourth-order valence-corrected chi connectivity index (χ4v) is 2.98. The number of likely N-dealkylation sites (N-methyl/N-ethyl adjacent to an activating group) is 1. The monoisotopic (exact) mass is 329 g/mol. The Balaban J connectivity index is 2.22. The number of carbonyl (C=O) groups excluding carboxylic acids is 1. The van der Waals surface area contributed by atoms with E-state index >= 15 is 0 Å². The molecule has 1 fully saturated rings. The summed E-state index contributed by atoms with van der Waals surface area (Å²) < 4.78 is 0. The Kier molecular flexibility index (Phi) is 4.79. The maximum absolute atomic E-state index is 12.7. The van der Waals surface area contributed by atoms with Crippen LogP contribution in [0.1, 0.15) is 31.2 Å². The first-order valence-corrected chi connectivity index (χ1v) is 7.55. The van der Waals surface area contributed by atoms with Gasteiger partial charge in [0.05, 0.1) is 21.9 Å². The third-order valence-electron chi connectivity index (χ3n) is 4.10. The molecule has 1 aliphatic carbocycles. The molecule has 1 aliphatic rings. The molecule has 0 saturated heterocycles. The summed E-state index contributed by atoms with van der Waals surface area (Å²) in [5.41, 5.74) is 0.275. The minimum atomic E-state index is -0.910. The average Bonchev–Trinajstić information content (AvgIpc) is 2.38. The lowest BCUT2D eigenvalue weighted by molar-refractivity contribution is -0.141. The van der Waals surface area contributed by atoms with E-state index < -0.39 is 11.4 Å². The molecule has 1 aromatic rings. The summed E-state index contributed by atoms with van der Waals surface area (Å²) >= 11 is 12.0. The van der Waals surface area contributed by atoms with Crippen LogP contribution in [0.3, 0.4) is 0 Å². The van der Waals surface area contributed by atoms with Crippen LogP contribution in [-0.4, -0.2) is 35.5 Å². The summed E-state index contributed by atoms with van der Waals surface area (Å²) in [6.07, 6.45) is 2.42. The van der Waals surface area contributed by atoms with Gasteiger partial charge in [0.25, 0.3) is 0 Å². The third kappa shape index (κ3) is 3.16. The highest BCUT2D eigenvalue weighted by molar-refractivity contribution is 6.42. The zero-order valence-corrected chi connectivity index (χ0v) is 13.2. The van der Waals surface area contributed by atoms with Crippen molar-refractivity contribution in [2.24, 2.45) is 0 Å². The van der Waals surface area contributed by atoms with E-state index in [-0.39, 0.29) is 18.9 Å². The zero-order valence-electron chi connectivity index (χ0n) is 11.7. The molecular weight excluding hydrogens is 313 g/mol. The van der Waals surface area contributed by atoms with Crippen LogP contribution in [0.25, 0.3) is 0 Å². The molecule has 6 heteroatoms. The lowest BCUT2D eigenvalue weighted by atomic mass is 9.63. The van der Waals surface area contributed by atoms with Crippen LogP contribution in [0.4, 0.5) is 0 Å². The standard InChI is InChI=1S/C15H17Cl2NO3/c1-18(8-5-13(19)20)14(21)15(6-2-7-15)10-3-4-11(16)12(17)9-10/h3-4,9H,2,5-8H2,1H3,(H,19,20). The molecule has 114 valence electrons. The Hall–Kier alpha value is -1.26. The van der Waals surface area contributed by atoms with E-state index in [0.29, 0.717) is 10.0 Å². The Bertz CT molecular complexity index is 570. The predicted octanol–water partition coefficient (Wildman–Crippen LogP) is 3.35. The number of aliphatic carboxylic acids is 1. The van der Waals surface area contributed by atoms with Crippen LogP contribution >= 0.6 is 23.2 Å². The van der Waals surface area contributed by atoms with Gasteiger partial charge in [-0.1, -0.05) is 35.7 Å². The number of hydrogen-bond acceptors (Lipinski definition) is 2. The second kappa shape index (κ2) is 6.24. The highest BCUT2D eigenvalue weighted by atomic mass is 35.5. The smallest absolute Gasteiger partial charge is 0.305 e. The van der Waals surface area contributed by atoms with E-state index in [0.717, 1.165) is 24.8 Å². The van der Waals surface area contributed by atoms with Gasteiger partial charge in [-0.15, -0.1) is 0 Å². The number of rotatable bonds is 5. The summed E-state index contributed by atoms with van der Waals surface area (Å²) in [5, 5.41) is 9.62. The van der Waals surface area contributed by atoms with Gasteiger partial charge in [0.1, 0.15) is 0 Å². The highest BCUT2D eigenvalue weighted by Gasteiger charge is 2.47. The van der Waals surface area contributed by atoms with Crippen molar-refractivity contribution in [3.63, 3.8) is 0 Å². The quantitative estimate of drug-likeness (QED) is 0.901. The van der Waals surface area contributed by atoms with Crippen molar-refractivity contribution in [3.05, 3.63) is 33.8 Å². The molecule has 1 N–H and O–H groups in total. The van der Waals surface area contributed by atoms with Crippen molar-refractivity contribution >= 4 is 35.1 Å². The van der Waals surface area contributed by atoms with Crippen LogP contribution < -0.4 is 0 Å². The van der Waals surface area contributed by atoms with Crippen molar-refractivity contribution in [2.75, 3.05) is 13.6 Å². The molecule has 0 atom stereocenters. The first kappa shape index (κ1) is 16.1. The van der Waals surface area contributed by atoms with Crippen molar-refractivity contribution in [1.29, 1.82) is 0 Å². The van der Waals surface area contributed by atoms with Gasteiger partial charge in [-0.05, 0) is 30.5 Å². The first-order chi connectivity index (χ1) is 9.86. The fraction of sp³-hybridized carbons (Fsp3) is 0.467. The summed E-state index contributed by atoms with van der Waals surface area (Å²) in [6, 6.07) is 5.27. The van der Waals surface area contributed by atoms with E-state index in [1.807, 2.05) is 6.07 Å². The number of nitrogens with zero attached hydrogens (tertiary/aromatic N) is 1. The molecule has 0 aromatic heterocycles. The number of hydrogen-bond donors (Lipinski definition) is 1. The van der Waals surface area contributed by atoms with Crippen LogP contribution in [0.5, 0.6) is 0 Å². The van der Waals surface area contributed by atoms with Crippen LogP contribution in [0.15, 0.2) is 18.2 Å². The molecule has 0 spiro atoms.